The second-order valence-corrected chi connectivity index (χ2v) is 8.23. The maximum Gasteiger partial charge on any atom is 0.225 e. The Kier molecular flexibility index (Phi) is 3.44. The average molecular weight is 330 g/mol. The molecule has 0 radical (unpaired) electrons. The molecule has 1 amide bonds. The van der Waals surface area contributed by atoms with E-state index in [-0.39, 0.29) is 11.3 Å². The largest absolute Gasteiger partial charge is 0.381 e. The number of hydrogen-bond donors (Lipinski definition) is 1. The highest BCUT2D eigenvalue weighted by Gasteiger charge is 2.53. The highest BCUT2D eigenvalue weighted by molar-refractivity contribution is 5.79. The Hall–Kier alpha value is -1.43. The van der Waals surface area contributed by atoms with Crippen molar-refractivity contribution in [2.75, 3.05) is 26.3 Å². The summed E-state index contributed by atoms with van der Waals surface area (Å²) >= 11 is 0. The number of ether oxygens (including phenoxy) is 1. The number of nitrogens with zero attached hydrogens (tertiary/aromatic N) is 3. The Morgan fingerprint density at radius 1 is 1.21 bits per heavy atom. The zero-order valence-corrected chi connectivity index (χ0v) is 14.2. The number of H-pyrrole nitrogens is 1. The van der Waals surface area contributed by atoms with Gasteiger partial charge in [0.15, 0.2) is 5.82 Å². The highest BCUT2D eigenvalue weighted by atomic mass is 16.5. The molecule has 1 N–H and O–H groups in total. The lowest BCUT2D eigenvalue weighted by molar-refractivity contribution is -0.138. The van der Waals surface area contributed by atoms with Crippen molar-refractivity contribution in [3.8, 4) is 0 Å². The third-order valence-electron chi connectivity index (χ3n) is 6.67. The van der Waals surface area contributed by atoms with Crippen LogP contribution >= 0.6 is 0 Å². The number of aromatic amines is 1. The fraction of sp³-hybridized carbons (Fsp3) is 0.833. The fourth-order valence-corrected chi connectivity index (χ4v) is 4.82. The Morgan fingerprint density at radius 3 is 2.67 bits per heavy atom. The molecular weight excluding hydrogens is 304 g/mol. The first kappa shape index (κ1) is 14.9. The van der Waals surface area contributed by atoms with Gasteiger partial charge in [0.2, 0.25) is 5.91 Å². The molecule has 1 spiro atoms. The molecule has 0 bridgehead atoms. The van der Waals surface area contributed by atoms with E-state index in [0.717, 1.165) is 50.8 Å². The molecule has 1 aromatic rings. The van der Waals surface area contributed by atoms with Crippen molar-refractivity contribution in [2.24, 2.45) is 11.3 Å². The van der Waals surface area contributed by atoms with Crippen molar-refractivity contribution in [3.63, 3.8) is 0 Å². The number of likely N-dealkylation sites (tertiary alicyclic amines) is 1. The van der Waals surface area contributed by atoms with E-state index in [1.165, 1.54) is 32.1 Å². The van der Waals surface area contributed by atoms with Crippen LogP contribution < -0.4 is 0 Å². The van der Waals surface area contributed by atoms with Crippen molar-refractivity contribution in [1.82, 2.24) is 20.1 Å². The lowest BCUT2D eigenvalue weighted by Crippen LogP contribution is -2.40. The second-order valence-electron chi connectivity index (χ2n) is 8.23. The SMILES string of the molecule is O=C(C1CCOCC1)N1CC(c2nc(C3CC3)n[nH]2)C2(CCC2)C1. The highest BCUT2D eigenvalue weighted by Crippen LogP contribution is 2.55. The molecule has 5 rings (SSSR count). The normalized spacial score (nSPS) is 29.8. The average Bonchev–Trinajstić information content (AvgIpc) is 3.17. The molecule has 2 saturated carbocycles. The van der Waals surface area contributed by atoms with Crippen LogP contribution in [-0.2, 0) is 9.53 Å². The summed E-state index contributed by atoms with van der Waals surface area (Å²) < 4.78 is 5.41. The molecular formula is C18H26N4O2. The van der Waals surface area contributed by atoms with Crippen LogP contribution in [0.4, 0.5) is 0 Å². The summed E-state index contributed by atoms with van der Waals surface area (Å²) in [4.78, 5) is 19.9. The molecule has 4 aliphatic rings. The van der Waals surface area contributed by atoms with Crippen LogP contribution in [0, 0.1) is 11.3 Å². The van der Waals surface area contributed by atoms with Gasteiger partial charge in [-0.25, -0.2) is 4.98 Å². The summed E-state index contributed by atoms with van der Waals surface area (Å²) in [5.41, 5.74) is 0.251. The number of rotatable bonds is 3. The van der Waals surface area contributed by atoms with Crippen LogP contribution in [0.3, 0.4) is 0 Å². The molecule has 1 atom stereocenters. The first-order valence-corrected chi connectivity index (χ1v) is 9.54. The van der Waals surface area contributed by atoms with Gasteiger partial charge in [0, 0.05) is 44.1 Å². The van der Waals surface area contributed by atoms with E-state index in [4.69, 9.17) is 9.72 Å². The Labute approximate surface area is 142 Å². The summed E-state index contributed by atoms with van der Waals surface area (Å²) in [7, 11) is 0. The summed E-state index contributed by atoms with van der Waals surface area (Å²) in [5.74, 6) is 3.44. The zero-order chi connectivity index (χ0) is 16.1. The molecule has 2 aliphatic heterocycles. The monoisotopic (exact) mass is 330 g/mol. The Morgan fingerprint density at radius 2 is 2.00 bits per heavy atom. The molecule has 130 valence electrons. The molecule has 6 nitrogen and oxygen atoms in total. The predicted molar refractivity (Wildman–Crippen MR) is 87.5 cm³/mol. The van der Waals surface area contributed by atoms with Gasteiger partial charge < -0.3 is 9.64 Å². The maximum absolute atomic E-state index is 13.0. The summed E-state index contributed by atoms with van der Waals surface area (Å²) in [6.07, 6.45) is 7.91. The van der Waals surface area contributed by atoms with E-state index >= 15 is 0 Å². The third-order valence-corrected chi connectivity index (χ3v) is 6.67. The number of hydrogen-bond acceptors (Lipinski definition) is 4. The molecule has 0 aromatic carbocycles. The minimum absolute atomic E-state index is 0.159. The lowest BCUT2D eigenvalue weighted by Gasteiger charge is -2.42. The van der Waals surface area contributed by atoms with Gasteiger partial charge in [-0.15, -0.1) is 0 Å². The quantitative estimate of drug-likeness (QED) is 0.922. The first-order chi connectivity index (χ1) is 11.8. The maximum atomic E-state index is 13.0. The lowest BCUT2D eigenvalue weighted by atomic mass is 9.62. The summed E-state index contributed by atoms with van der Waals surface area (Å²) in [6, 6.07) is 0. The topological polar surface area (TPSA) is 71.1 Å². The molecule has 1 aromatic heterocycles. The van der Waals surface area contributed by atoms with E-state index in [1.54, 1.807) is 0 Å². The third kappa shape index (κ3) is 2.38. The van der Waals surface area contributed by atoms with Crippen LogP contribution in [0.15, 0.2) is 0 Å². The van der Waals surface area contributed by atoms with Crippen molar-refractivity contribution >= 4 is 5.91 Å². The minimum atomic E-state index is 0.159. The predicted octanol–water partition coefficient (Wildman–Crippen LogP) is 2.20. The fourth-order valence-electron chi connectivity index (χ4n) is 4.82. The molecule has 3 heterocycles. The molecule has 2 saturated heterocycles. The van der Waals surface area contributed by atoms with Gasteiger partial charge in [0.05, 0.1) is 0 Å². The summed E-state index contributed by atoms with van der Waals surface area (Å²) in [6.45, 7) is 3.18. The molecule has 2 aliphatic carbocycles. The van der Waals surface area contributed by atoms with E-state index in [2.05, 4.69) is 15.1 Å². The molecule has 24 heavy (non-hydrogen) atoms. The smallest absolute Gasteiger partial charge is 0.225 e. The number of aromatic nitrogens is 3. The minimum Gasteiger partial charge on any atom is -0.381 e. The van der Waals surface area contributed by atoms with Crippen molar-refractivity contribution in [1.29, 1.82) is 0 Å². The standard InChI is InChI=1S/C18H26N4O2/c23-17(13-4-8-24-9-5-13)22-10-14(18(11-22)6-1-7-18)16-19-15(20-21-16)12-2-3-12/h12-14H,1-11H2,(H,19,20,21). The van der Waals surface area contributed by atoms with E-state index in [9.17, 15) is 4.79 Å². The zero-order valence-electron chi connectivity index (χ0n) is 14.2. The summed E-state index contributed by atoms with van der Waals surface area (Å²) in [5, 5.41) is 7.66. The Bertz CT molecular complexity index is 629. The van der Waals surface area contributed by atoms with Gasteiger partial charge in [-0.2, -0.15) is 5.10 Å². The molecule has 1 unspecified atom stereocenters. The number of carbonyl (C=O) groups excluding carboxylic acids is 1. The van der Waals surface area contributed by atoms with E-state index in [0.29, 0.717) is 17.7 Å². The van der Waals surface area contributed by atoms with Crippen LogP contribution in [0.1, 0.15) is 68.4 Å². The van der Waals surface area contributed by atoms with Crippen molar-refractivity contribution < 1.29 is 9.53 Å². The van der Waals surface area contributed by atoms with Crippen LogP contribution in [-0.4, -0.2) is 52.3 Å². The second kappa shape index (κ2) is 5.55. The number of amides is 1. The van der Waals surface area contributed by atoms with Crippen LogP contribution in [0.25, 0.3) is 0 Å². The van der Waals surface area contributed by atoms with Gasteiger partial charge in [-0.05, 0) is 43.9 Å². The van der Waals surface area contributed by atoms with Crippen LogP contribution in [0.2, 0.25) is 0 Å². The van der Waals surface area contributed by atoms with Gasteiger partial charge in [0.1, 0.15) is 5.82 Å². The van der Waals surface area contributed by atoms with E-state index in [1.807, 2.05) is 0 Å². The Balaban J connectivity index is 1.35. The number of nitrogens with one attached hydrogen (secondary N) is 1. The molecule has 6 heteroatoms. The van der Waals surface area contributed by atoms with Gasteiger partial charge >= 0.3 is 0 Å². The number of carbonyl (C=O) groups is 1. The van der Waals surface area contributed by atoms with Gasteiger partial charge in [-0.1, -0.05) is 6.42 Å². The van der Waals surface area contributed by atoms with Gasteiger partial charge in [-0.3, -0.25) is 9.89 Å². The van der Waals surface area contributed by atoms with E-state index < -0.39 is 0 Å². The van der Waals surface area contributed by atoms with Gasteiger partial charge in [0.25, 0.3) is 0 Å². The van der Waals surface area contributed by atoms with Crippen molar-refractivity contribution in [2.45, 2.75) is 56.8 Å². The molecule has 4 fully saturated rings. The first-order valence-electron chi connectivity index (χ1n) is 9.54. The van der Waals surface area contributed by atoms with Crippen LogP contribution in [0.5, 0.6) is 0 Å². The van der Waals surface area contributed by atoms with Crippen molar-refractivity contribution in [3.05, 3.63) is 11.6 Å².